The monoisotopic (exact) mass is 692 g/mol. The molecule has 2 aromatic rings. The molecule has 0 radical (unpaired) electrons. The number of carbonyl (C=O) groups excluding carboxylic acids is 4. The second-order valence-corrected chi connectivity index (χ2v) is 13.6. The van der Waals surface area contributed by atoms with Crippen molar-refractivity contribution in [2.45, 2.75) is 75.5 Å². The molecule has 4 unspecified atom stereocenters. The van der Waals surface area contributed by atoms with Crippen LogP contribution in [-0.2, 0) is 19.2 Å². The standard InChI is InChI=1S/C34H40N6O8S/c1-21-17-35(18-22(2)37(21)25(5)41)33(43)13-9-27-7-11-31(29(15-27)39(45)46)49-32-12-8-28(16-30(32)40(47)48)10-14-34(44)36-19-23(3)38(26(6)42)24(4)20-36/h7-16,21-24H,17-20H2,1-6H3/b13-9+,14-10+. The average Bonchev–Trinajstić information content (AvgIpc) is 3.02. The molecular weight excluding hydrogens is 652 g/mol. The molecule has 0 aliphatic carbocycles. The van der Waals surface area contributed by atoms with Crippen LogP contribution in [0.15, 0.2) is 58.3 Å². The van der Waals surface area contributed by atoms with Crippen LogP contribution in [0.3, 0.4) is 0 Å². The van der Waals surface area contributed by atoms with Crippen LogP contribution < -0.4 is 0 Å². The van der Waals surface area contributed by atoms with Gasteiger partial charge in [0.15, 0.2) is 0 Å². The van der Waals surface area contributed by atoms with Crippen molar-refractivity contribution < 1.29 is 29.0 Å². The summed E-state index contributed by atoms with van der Waals surface area (Å²) in [4.78, 5) is 79.7. The van der Waals surface area contributed by atoms with Crippen molar-refractivity contribution >= 4 is 58.9 Å². The highest BCUT2D eigenvalue weighted by Gasteiger charge is 2.33. The van der Waals surface area contributed by atoms with Gasteiger partial charge in [0.1, 0.15) is 0 Å². The van der Waals surface area contributed by atoms with Gasteiger partial charge in [0.05, 0.1) is 19.6 Å². The lowest BCUT2D eigenvalue weighted by molar-refractivity contribution is -0.388. The normalized spacial score (nSPS) is 21.3. The third-order valence-electron chi connectivity index (χ3n) is 8.60. The summed E-state index contributed by atoms with van der Waals surface area (Å²) in [6.45, 7) is 12.0. The number of nitro benzene ring substituents is 2. The maximum absolute atomic E-state index is 12.9. The molecule has 2 fully saturated rings. The van der Waals surface area contributed by atoms with Gasteiger partial charge in [0.25, 0.3) is 11.4 Å². The highest BCUT2D eigenvalue weighted by atomic mass is 32.2. The maximum atomic E-state index is 12.9. The molecule has 0 saturated carbocycles. The highest BCUT2D eigenvalue weighted by Crippen LogP contribution is 2.40. The SMILES string of the molecule is CC(=O)N1C(C)CN(C(=O)/C=C/c2ccc(Sc3ccc(/C=C/C(=O)N4CC(C)N(C(C)=O)C(C)C4)cc3[N+](=O)[O-])c([N+](=O)[O-])c2)CC1C. The van der Waals surface area contributed by atoms with Gasteiger partial charge in [-0.15, -0.1) is 0 Å². The Balaban J connectivity index is 1.48. The first-order chi connectivity index (χ1) is 23.1. The van der Waals surface area contributed by atoms with Crippen LogP contribution in [0.5, 0.6) is 0 Å². The first-order valence-electron chi connectivity index (χ1n) is 15.8. The summed E-state index contributed by atoms with van der Waals surface area (Å²) in [6.07, 6.45) is 5.63. The second-order valence-electron chi connectivity index (χ2n) is 12.5. The van der Waals surface area contributed by atoms with E-state index in [0.717, 1.165) is 11.8 Å². The quantitative estimate of drug-likeness (QED) is 0.218. The minimum atomic E-state index is -0.585. The minimum absolute atomic E-state index is 0.0554. The van der Waals surface area contributed by atoms with Crippen molar-refractivity contribution in [1.82, 2.24) is 19.6 Å². The molecule has 0 spiro atoms. The lowest BCUT2D eigenvalue weighted by Crippen LogP contribution is -2.59. The molecule has 2 aliphatic heterocycles. The number of hydrogen-bond acceptors (Lipinski definition) is 9. The van der Waals surface area contributed by atoms with Crippen LogP contribution in [0.2, 0.25) is 0 Å². The van der Waals surface area contributed by atoms with E-state index in [1.807, 2.05) is 27.7 Å². The van der Waals surface area contributed by atoms with E-state index in [1.165, 1.54) is 62.4 Å². The van der Waals surface area contributed by atoms with Crippen LogP contribution in [-0.4, -0.2) is 103 Å². The molecule has 15 heteroatoms. The van der Waals surface area contributed by atoms with E-state index in [2.05, 4.69) is 0 Å². The predicted octanol–water partition coefficient (Wildman–Crippen LogP) is 4.62. The molecule has 0 N–H and O–H groups in total. The van der Waals surface area contributed by atoms with E-state index in [-0.39, 0.29) is 69.0 Å². The van der Waals surface area contributed by atoms with E-state index in [4.69, 9.17) is 0 Å². The van der Waals surface area contributed by atoms with E-state index >= 15 is 0 Å². The fourth-order valence-electron chi connectivity index (χ4n) is 6.65. The maximum Gasteiger partial charge on any atom is 0.283 e. The first kappa shape index (κ1) is 36.8. The number of rotatable bonds is 8. The van der Waals surface area contributed by atoms with Gasteiger partial charge >= 0.3 is 0 Å². The van der Waals surface area contributed by atoms with Crippen LogP contribution >= 0.6 is 11.8 Å². The van der Waals surface area contributed by atoms with E-state index < -0.39 is 9.85 Å². The van der Waals surface area contributed by atoms with Crippen LogP contribution in [0, 0.1) is 20.2 Å². The van der Waals surface area contributed by atoms with Crippen molar-refractivity contribution in [2.24, 2.45) is 0 Å². The Kier molecular flexibility index (Phi) is 11.6. The molecule has 4 rings (SSSR count). The average molecular weight is 693 g/mol. The molecule has 14 nitrogen and oxygen atoms in total. The molecule has 260 valence electrons. The summed E-state index contributed by atoms with van der Waals surface area (Å²) in [5, 5.41) is 24.0. The molecule has 0 aromatic heterocycles. The fraction of sp³-hybridized carbons (Fsp3) is 0.412. The summed E-state index contributed by atoms with van der Waals surface area (Å²) in [5.74, 6) is -0.677. The van der Waals surface area contributed by atoms with Crippen LogP contribution in [0.4, 0.5) is 11.4 Å². The van der Waals surface area contributed by atoms with Gasteiger partial charge in [-0.1, -0.05) is 23.9 Å². The summed E-state index contributed by atoms with van der Waals surface area (Å²) in [7, 11) is 0. The van der Waals surface area contributed by atoms with Gasteiger partial charge in [-0.25, -0.2) is 0 Å². The number of benzene rings is 2. The summed E-state index contributed by atoms with van der Waals surface area (Å²) < 4.78 is 0. The Morgan fingerprint density at radius 1 is 0.653 bits per heavy atom. The van der Waals surface area contributed by atoms with E-state index in [0.29, 0.717) is 37.3 Å². The topological polar surface area (TPSA) is 168 Å². The van der Waals surface area contributed by atoms with Crippen LogP contribution in [0.25, 0.3) is 12.2 Å². The Hall–Kier alpha value is -5.05. The molecule has 2 aliphatic rings. The van der Waals surface area contributed by atoms with Crippen molar-refractivity contribution in [3.8, 4) is 0 Å². The first-order valence-corrected chi connectivity index (χ1v) is 16.7. The molecule has 4 amide bonds. The van der Waals surface area contributed by atoms with E-state index in [1.54, 1.807) is 31.7 Å². The van der Waals surface area contributed by atoms with Gasteiger partial charge in [-0.3, -0.25) is 39.4 Å². The Labute approximate surface area is 288 Å². The van der Waals surface area contributed by atoms with Gasteiger partial charge in [-0.05, 0) is 63.1 Å². The number of nitro groups is 2. The van der Waals surface area contributed by atoms with Gasteiger partial charge in [0.2, 0.25) is 23.6 Å². The Morgan fingerprint density at radius 3 is 1.27 bits per heavy atom. The highest BCUT2D eigenvalue weighted by molar-refractivity contribution is 7.99. The number of piperazine rings is 2. The van der Waals surface area contributed by atoms with Crippen molar-refractivity contribution in [2.75, 3.05) is 26.2 Å². The molecule has 2 heterocycles. The molecular formula is C34H40N6O8S. The summed E-state index contributed by atoms with van der Waals surface area (Å²) in [5.41, 5.74) is 0.237. The van der Waals surface area contributed by atoms with Gasteiger partial charge in [0, 0.05) is 88.5 Å². The van der Waals surface area contributed by atoms with E-state index in [9.17, 15) is 39.4 Å². The summed E-state index contributed by atoms with van der Waals surface area (Å²) in [6, 6.07) is 8.13. The molecule has 2 aromatic carbocycles. The fourth-order valence-corrected chi connectivity index (χ4v) is 7.63. The zero-order valence-electron chi connectivity index (χ0n) is 28.3. The largest absolute Gasteiger partial charge is 0.335 e. The third kappa shape index (κ3) is 8.71. The Morgan fingerprint density at radius 2 is 0.980 bits per heavy atom. The lowest BCUT2D eigenvalue weighted by Gasteiger charge is -2.43. The van der Waals surface area contributed by atoms with Crippen molar-refractivity contribution in [3.05, 3.63) is 79.9 Å². The number of nitrogens with zero attached hydrogens (tertiary/aromatic N) is 6. The molecule has 0 bridgehead atoms. The molecule has 2 saturated heterocycles. The van der Waals surface area contributed by atoms with Crippen molar-refractivity contribution in [1.29, 1.82) is 0 Å². The minimum Gasteiger partial charge on any atom is -0.335 e. The van der Waals surface area contributed by atoms with Gasteiger partial charge in [-0.2, -0.15) is 0 Å². The predicted molar refractivity (Wildman–Crippen MR) is 184 cm³/mol. The van der Waals surface area contributed by atoms with Crippen LogP contribution in [0.1, 0.15) is 52.7 Å². The number of amides is 4. The zero-order chi connectivity index (χ0) is 36.2. The van der Waals surface area contributed by atoms with Crippen molar-refractivity contribution in [3.63, 3.8) is 0 Å². The smallest absolute Gasteiger partial charge is 0.283 e. The van der Waals surface area contributed by atoms with Gasteiger partial charge < -0.3 is 19.6 Å². The Bertz CT molecular complexity index is 1580. The molecule has 49 heavy (non-hydrogen) atoms. The summed E-state index contributed by atoms with van der Waals surface area (Å²) >= 11 is 0.869. The zero-order valence-corrected chi connectivity index (χ0v) is 29.1. The third-order valence-corrected chi connectivity index (χ3v) is 9.73. The lowest BCUT2D eigenvalue weighted by atomic mass is 10.1. The second kappa shape index (κ2) is 15.4. The molecule has 4 atom stereocenters. The number of carbonyl (C=O) groups is 4. The number of hydrogen-bond donors (Lipinski definition) is 0.